The third-order valence-corrected chi connectivity index (χ3v) is 19.3. The molecule has 9 aromatic rings. The van der Waals surface area contributed by atoms with Crippen molar-refractivity contribution in [3.63, 3.8) is 0 Å². The van der Waals surface area contributed by atoms with Crippen LogP contribution in [0, 0.1) is 6.92 Å². The van der Waals surface area contributed by atoms with Crippen LogP contribution in [0.1, 0.15) is 5.56 Å². The fraction of sp³-hybridized carbons (Fsp3) is 0.0541. The zero-order chi connectivity index (χ0) is 55.0. The van der Waals surface area contributed by atoms with E-state index in [9.17, 15) is 42.1 Å². The molecule has 0 saturated heterocycles. The molecule has 15 N–H and O–H groups in total. The summed E-state index contributed by atoms with van der Waals surface area (Å²) in [5, 5.41) is 7.73. The van der Waals surface area contributed by atoms with Crippen LogP contribution in [-0.2, 0) is 50.1 Å². The summed E-state index contributed by atoms with van der Waals surface area (Å²) >= 11 is 6.70. The van der Waals surface area contributed by atoms with Gasteiger partial charge in [0, 0.05) is 40.4 Å². The average molecular weight is 1240 g/mol. The number of thiazole rings is 6. The summed E-state index contributed by atoms with van der Waals surface area (Å²) in [6.07, 6.45) is 11.0. The van der Waals surface area contributed by atoms with Gasteiger partial charge in [0.25, 0.3) is 40.1 Å². The molecule has 7 aromatic heterocycles. The summed E-state index contributed by atoms with van der Waals surface area (Å²) in [6.45, 7) is 1.70. The van der Waals surface area contributed by atoms with Gasteiger partial charge in [-0.25, -0.2) is 60.1 Å². The zero-order valence-corrected chi connectivity index (χ0v) is 47.1. The van der Waals surface area contributed by atoms with Gasteiger partial charge in [-0.05, 0) is 55.0 Å². The van der Waals surface area contributed by atoms with Crippen molar-refractivity contribution in [3.05, 3.63) is 126 Å². The van der Waals surface area contributed by atoms with E-state index in [1.54, 1.807) is 59.6 Å². The lowest BCUT2D eigenvalue weighted by atomic mass is 10.2. The molecule has 75 heavy (non-hydrogen) atoms. The average Bonchev–Trinajstić information content (AvgIpc) is 4.20. The Kier molecular flexibility index (Phi) is 20.5. The van der Waals surface area contributed by atoms with Crippen LogP contribution >= 0.6 is 68.0 Å². The fourth-order valence-corrected chi connectivity index (χ4v) is 14.5. The molecule has 7 heterocycles. The van der Waals surface area contributed by atoms with Crippen molar-refractivity contribution in [1.29, 1.82) is 0 Å². The van der Waals surface area contributed by atoms with Crippen molar-refractivity contribution in [2.45, 2.75) is 26.1 Å². The van der Waals surface area contributed by atoms with Crippen LogP contribution in [0.2, 0.25) is 0 Å². The number of aromatic nitrogens is 7. The van der Waals surface area contributed by atoms with Crippen LogP contribution in [0.25, 0.3) is 0 Å². The lowest BCUT2D eigenvalue weighted by Gasteiger charge is -2.08. The van der Waals surface area contributed by atoms with E-state index in [0.717, 1.165) is 51.6 Å². The van der Waals surface area contributed by atoms with Gasteiger partial charge in [0.15, 0.2) is 30.7 Å². The number of nitrogen functional groups attached to an aromatic ring is 5. The second-order valence-corrected chi connectivity index (χ2v) is 28.2. The predicted molar refractivity (Wildman–Crippen MR) is 298 cm³/mol. The predicted octanol–water partition coefficient (Wildman–Crippen LogP) is 5.36. The Labute approximate surface area is 453 Å². The van der Waals surface area contributed by atoms with Gasteiger partial charge >= 0.3 is 0 Å². The number of sulfonamides is 5. The first-order valence-corrected chi connectivity index (χ1v) is 32.6. The summed E-state index contributed by atoms with van der Waals surface area (Å²) in [5.41, 5.74) is 28.8. The minimum absolute atomic E-state index is 0.0104. The van der Waals surface area contributed by atoms with Crippen molar-refractivity contribution in [3.8, 4) is 0 Å². The molecular formula is C37H41N17O10S11. The standard InChI is InChI=1S/C10H11N3O2S2.C9H9N3O2S2.C8H8N4O2S2.C6H6N4O2S3.C4H7N3O2S2/c1-7-6-8(11)2-3-9(7)17(14,15)13-10-12-4-5-16-10;10-8-6-11-9(15-8)12-16(13,14)7-4-2-1-3-5-7;9-6-1-2-7(11-5-6)16(13,14)12-8-10-3-4-15-8;7-4-3-9-5(14-4)10-15(11,12)6-8-1-2-13-6;1-11(8,9)7-4-6-2-3(5)10-4/h2-6H,11H2,1H3,(H,12,13);1-6H,10H2,(H,11,12);1-5H,9H2,(H,10,12);1-3H,7H2,(H,9,10);2H,5H2,1H3,(H,6,7). The Morgan fingerprint density at radius 3 is 1.33 bits per heavy atom. The second kappa shape index (κ2) is 26.1. The third kappa shape index (κ3) is 19.4. The number of nitrogens with zero attached hydrogens (tertiary/aromatic N) is 7. The maximum absolute atomic E-state index is 12.0. The number of pyridine rings is 1. The number of rotatable bonds is 14. The molecular weight excluding hydrogens is 1200 g/mol. The Morgan fingerprint density at radius 2 is 0.907 bits per heavy atom. The van der Waals surface area contributed by atoms with Gasteiger partial charge in [-0.2, -0.15) is 16.8 Å². The van der Waals surface area contributed by atoms with Gasteiger partial charge in [0.2, 0.25) is 14.4 Å². The molecule has 27 nitrogen and oxygen atoms in total. The number of nitrogens with two attached hydrogens (primary N) is 5. The first-order chi connectivity index (χ1) is 35.2. The van der Waals surface area contributed by atoms with Crippen LogP contribution in [-0.4, -0.2) is 83.2 Å². The van der Waals surface area contributed by atoms with Crippen LogP contribution in [0.5, 0.6) is 0 Å². The van der Waals surface area contributed by atoms with Crippen LogP contribution in [0.15, 0.2) is 139 Å². The second-order valence-electron chi connectivity index (χ2n) is 13.7. The molecule has 0 aliphatic heterocycles. The van der Waals surface area contributed by atoms with Crippen molar-refractivity contribution < 1.29 is 42.1 Å². The number of anilines is 10. The minimum Gasteiger partial charge on any atom is -0.399 e. The van der Waals surface area contributed by atoms with Crippen LogP contribution in [0.4, 0.5) is 52.0 Å². The minimum atomic E-state index is -3.67. The quantitative estimate of drug-likeness (QED) is 0.0612. The molecule has 2 aromatic carbocycles. The van der Waals surface area contributed by atoms with Crippen LogP contribution in [0.3, 0.4) is 0 Å². The highest BCUT2D eigenvalue weighted by atomic mass is 32.2. The third-order valence-electron chi connectivity index (χ3n) is 7.81. The lowest BCUT2D eigenvalue weighted by molar-refractivity contribution is 0.596. The molecule has 0 spiro atoms. The van der Waals surface area contributed by atoms with Crippen LogP contribution < -0.4 is 52.3 Å². The molecule has 0 radical (unpaired) electrons. The fourth-order valence-electron chi connectivity index (χ4n) is 4.84. The molecule has 0 bridgehead atoms. The Morgan fingerprint density at radius 1 is 0.440 bits per heavy atom. The van der Waals surface area contributed by atoms with Gasteiger partial charge < -0.3 is 28.7 Å². The highest BCUT2D eigenvalue weighted by Crippen LogP contribution is 2.26. The SMILES string of the molecule is CS(=O)(=O)Nc1ncc(N)s1.Cc1cc(N)ccc1S(=O)(=O)Nc1nccs1.Nc1ccc(S(=O)(=O)Nc2nccs2)nc1.Nc1cnc(NS(=O)(=O)c2ccccc2)s1.Nc1cnc(NS(=O)(=O)c2nccs2)s1. The van der Waals surface area contributed by atoms with Crippen molar-refractivity contribution in [1.82, 2.24) is 34.9 Å². The summed E-state index contributed by atoms with van der Waals surface area (Å²) in [7, 11) is -17.6. The zero-order valence-electron chi connectivity index (χ0n) is 38.1. The van der Waals surface area contributed by atoms with Gasteiger partial charge in [0.1, 0.15) is 15.0 Å². The number of aryl methyl sites for hydroxylation is 1. The number of hydrogen-bond donors (Lipinski definition) is 10. The summed E-state index contributed by atoms with van der Waals surface area (Å²) in [6, 6.07) is 15.6. The Hall–Kier alpha value is -6.88. The summed E-state index contributed by atoms with van der Waals surface area (Å²) < 4.78 is 127. The van der Waals surface area contributed by atoms with Gasteiger partial charge in [0.05, 0.1) is 46.5 Å². The van der Waals surface area contributed by atoms with E-state index < -0.39 is 50.1 Å². The molecule has 0 fully saturated rings. The van der Waals surface area contributed by atoms with E-state index in [-0.39, 0.29) is 29.4 Å². The van der Waals surface area contributed by atoms with E-state index in [1.165, 1.54) is 90.2 Å². The van der Waals surface area contributed by atoms with E-state index in [0.29, 0.717) is 47.3 Å². The normalized spacial score (nSPS) is 11.3. The van der Waals surface area contributed by atoms with E-state index in [4.69, 9.17) is 28.7 Å². The summed E-state index contributed by atoms with van der Waals surface area (Å²) in [5.74, 6) is 0. The van der Waals surface area contributed by atoms with E-state index >= 15 is 0 Å². The Bertz CT molecular complexity index is 3810. The molecule has 0 unspecified atom stereocenters. The van der Waals surface area contributed by atoms with Crippen molar-refractivity contribution in [2.24, 2.45) is 0 Å². The first-order valence-electron chi connectivity index (χ1n) is 19.7. The highest BCUT2D eigenvalue weighted by molar-refractivity contribution is 7.95. The smallest absolute Gasteiger partial charge is 0.291 e. The van der Waals surface area contributed by atoms with E-state index in [2.05, 4.69) is 58.5 Å². The first kappa shape index (κ1) is 59.0. The van der Waals surface area contributed by atoms with Gasteiger partial charge in [-0.1, -0.05) is 52.2 Å². The molecule has 9 rings (SSSR count). The molecule has 0 aliphatic rings. The molecule has 0 amide bonds. The van der Waals surface area contributed by atoms with Crippen molar-refractivity contribution >= 4 is 170 Å². The molecule has 400 valence electrons. The maximum atomic E-state index is 12.0. The Balaban J connectivity index is 0.000000174. The monoisotopic (exact) mass is 1240 g/mol. The van der Waals surface area contributed by atoms with Gasteiger partial charge in [-0.3, -0.25) is 23.6 Å². The summed E-state index contributed by atoms with van der Waals surface area (Å²) in [4.78, 5) is 26.9. The van der Waals surface area contributed by atoms with E-state index in [1.807, 2.05) is 0 Å². The molecule has 38 heteroatoms. The number of benzene rings is 2. The largest absolute Gasteiger partial charge is 0.399 e. The highest BCUT2D eigenvalue weighted by Gasteiger charge is 2.20. The van der Waals surface area contributed by atoms with Gasteiger partial charge in [-0.15, -0.1) is 34.0 Å². The maximum Gasteiger partial charge on any atom is 0.291 e. The topological polar surface area (TPSA) is 451 Å². The molecule has 0 aliphatic carbocycles. The molecule has 0 atom stereocenters. The number of hydrogen-bond acceptors (Lipinski definition) is 28. The van der Waals surface area contributed by atoms with Crippen molar-refractivity contribution in [2.75, 3.05) is 58.5 Å². The molecule has 0 saturated carbocycles. The number of nitrogens with one attached hydrogen (secondary N) is 5. The lowest BCUT2D eigenvalue weighted by Crippen LogP contribution is -2.14.